The molecule has 4 saturated heterocycles. The summed E-state index contributed by atoms with van der Waals surface area (Å²) in [6.07, 6.45) is 13.6. The monoisotopic (exact) mass is 878 g/mol. The molecule has 0 saturated carbocycles. The zero-order chi connectivity index (χ0) is 44.0. The van der Waals surface area contributed by atoms with E-state index in [0.717, 1.165) is 0 Å². The van der Waals surface area contributed by atoms with Crippen molar-refractivity contribution in [3.63, 3.8) is 0 Å². The van der Waals surface area contributed by atoms with Crippen LogP contribution >= 0.6 is 0 Å². The number of allylic oxidation sites excluding steroid dienone is 8. The third-order valence-corrected chi connectivity index (χ3v) is 13.5. The van der Waals surface area contributed by atoms with Crippen LogP contribution in [-0.4, -0.2) is 101 Å². The second-order valence-corrected chi connectivity index (χ2v) is 18.3. The van der Waals surface area contributed by atoms with Crippen LogP contribution in [0.15, 0.2) is 48.6 Å². The number of carbonyl (C=O) groups is 4. The summed E-state index contributed by atoms with van der Waals surface area (Å²) >= 11 is 0. The van der Waals surface area contributed by atoms with Crippen molar-refractivity contribution in [3.05, 3.63) is 48.6 Å². The summed E-state index contributed by atoms with van der Waals surface area (Å²) in [5, 5.41) is 21.7. The van der Waals surface area contributed by atoms with Crippen LogP contribution in [0.5, 0.6) is 0 Å². The Bertz CT molecular complexity index is 1570. The SMILES string of the molecule is C[C@@H]1C(=O)C[C@H](O)CC/C=C/C=C\CC[C@H](C)OC(=O)[C@@H]2O[B-]34O[C@@H](C(=O)O[C@@H](C)CC/C=C\C=C\CC[C@H](O)CC(=O)[C@@H](C)[C@@H]5CC[C@@H](C)[C@]2(O5)O3)[C@@]2(O[C@H]1CC[C@H]2C)O4.[Na+]. The van der Waals surface area contributed by atoms with E-state index in [2.05, 4.69) is 0 Å². The molecule has 3 spiro atoms. The van der Waals surface area contributed by atoms with Crippen molar-refractivity contribution in [3.8, 4) is 0 Å². The molecule has 1 unspecified atom stereocenters. The smallest absolute Gasteiger partial charge is 0.504 e. The Morgan fingerprint density at radius 3 is 1.26 bits per heavy atom. The average Bonchev–Trinajstić information content (AvgIpc) is 3.70. The van der Waals surface area contributed by atoms with Crippen molar-refractivity contribution in [2.45, 2.75) is 192 Å². The molecule has 0 aromatic rings. The first-order chi connectivity index (χ1) is 29.1. The second kappa shape index (κ2) is 22.5. The van der Waals surface area contributed by atoms with Gasteiger partial charge in [-0.1, -0.05) is 76.3 Å². The molecule has 14 nitrogen and oxygen atoms in total. The first kappa shape index (κ1) is 51.0. The summed E-state index contributed by atoms with van der Waals surface area (Å²) in [6, 6.07) is 0. The molecule has 0 radical (unpaired) electrons. The van der Waals surface area contributed by atoms with E-state index in [-0.39, 0.29) is 54.0 Å². The summed E-state index contributed by atoms with van der Waals surface area (Å²) < 4.78 is 52.5. The van der Waals surface area contributed by atoms with Crippen LogP contribution in [0.4, 0.5) is 0 Å². The van der Waals surface area contributed by atoms with E-state index in [1.54, 1.807) is 27.7 Å². The zero-order valence-corrected chi connectivity index (χ0v) is 39.8. The molecule has 62 heavy (non-hydrogen) atoms. The van der Waals surface area contributed by atoms with Crippen LogP contribution in [-0.2, 0) is 56.7 Å². The van der Waals surface area contributed by atoms with E-state index in [1.807, 2.05) is 62.5 Å². The number of rotatable bonds is 0. The first-order valence-corrected chi connectivity index (χ1v) is 22.8. The Morgan fingerprint density at radius 1 is 0.532 bits per heavy atom. The number of hydrogen-bond donors (Lipinski definition) is 2. The largest absolute Gasteiger partial charge is 1.00 e. The fourth-order valence-corrected chi connectivity index (χ4v) is 9.42. The van der Waals surface area contributed by atoms with E-state index in [4.69, 9.17) is 37.6 Å². The molecule has 7 bridgehead atoms. The third kappa shape index (κ3) is 11.9. The Kier molecular flexibility index (Phi) is 18.5. The van der Waals surface area contributed by atoms with Crippen LogP contribution in [0.2, 0.25) is 0 Å². The normalized spacial score (nSPS) is 45.4. The van der Waals surface area contributed by atoms with Crippen LogP contribution < -0.4 is 29.6 Å². The summed E-state index contributed by atoms with van der Waals surface area (Å²) in [5.74, 6) is -8.24. The first-order valence-electron chi connectivity index (χ1n) is 22.8. The van der Waals surface area contributed by atoms with Crippen LogP contribution in [0.25, 0.3) is 0 Å². The third-order valence-electron chi connectivity index (χ3n) is 13.5. The van der Waals surface area contributed by atoms with Gasteiger partial charge in [0.05, 0.1) is 36.6 Å². The maximum absolute atomic E-state index is 14.5. The van der Waals surface area contributed by atoms with Gasteiger partial charge >= 0.3 is 48.5 Å². The van der Waals surface area contributed by atoms with Crippen molar-refractivity contribution >= 4 is 30.5 Å². The summed E-state index contributed by atoms with van der Waals surface area (Å²) in [7, 11) is 0. The van der Waals surface area contributed by atoms with Crippen molar-refractivity contribution < 1.29 is 96.5 Å². The molecular formula is C46H68BNaO14. The molecular weight excluding hydrogens is 810 g/mol. The number of esters is 2. The van der Waals surface area contributed by atoms with Crippen LogP contribution in [0, 0.1) is 23.7 Å². The maximum atomic E-state index is 14.5. The molecule has 6 heterocycles. The molecule has 15 atom stereocenters. The minimum atomic E-state index is -3.51. The second-order valence-electron chi connectivity index (χ2n) is 18.3. The van der Waals surface area contributed by atoms with Crippen molar-refractivity contribution in [1.82, 2.24) is 0 Å². The zero-order valence-electron chi connectivity index (χ0n) is 37.8. The standard InChI is InChI=1S/C46H68BO14.Na/c1-29-23-25-39-33(5)37(50)27-35(48)21-17-13-10-8-12-16-20-32(4)55-44(53)42-46-30(2)24-26-40(57-46)34(6)38(51)28-36(49)22-18-14-9-7-11-15-19-31(3)54-43(52)41-45(29,56-39)60-47(58-41,59-42)61-46;/h7-14,29-36,39-42,48-49H,15-28H2,1-6H3;/q-1;+1/b11-7-,12-8-,13-10+,14-9+;/t29-,30-,31+,32+,33-,34-,35-,36+,39+,40+,41+,42+,45+,46+,47?;/m1./s1. The molecule has 0 aromatic heterocycles. The van der Waals surface area contributed by atoms with Gasteiger partial charge in [0.15, 0.2) is 23.8 Å². The molecule has 6 rings (SSSR count). The minimum Gasteiger partial charge on any atom is -0.504 e. The topological polar surface area (TPSA) is 183 Å². The molecule has 6 aliphatic heterocycles. The Labute approximate surface area is 389 Å². The minimum absolute atomic E-state index is 0. The molecule has 0 aromatic carbocycles. The van der Waals surface area contributed by atoms with Gasteiger partial charge in [0.25, 0.3) is 0 Å². The number of carbonyl (C=O) groups excluding carboxylic acids is 4. The number of ketones is 2. The molecule has 16 heteroatoms. The molecule has 6 aliphatic rings. The van der Waals surface area contributed by atoms with Gasteiger partial charge in [-0.05, 0) is 90.9 Å². The van der Waals surface area contributed by atoms with Gasteiger partial charge in [0, 0.05) is 36.5 Å². The van der Waals surface area contributed by atoms with Crippen molar-refractivity contribution in [1.29, 1.82) is 0 Å². The summed E-state index contributed by atoms with van der Waals surface area (Å²) in [5.41, 5.74) is 0. The maximum Gasteiger partial charge on any atom is 1.00 e. The Balaban J connectivity index is 0.00000726. The average molecular weight is 879 g/mol. The quantitative estimate of drug-likeness (QED) is 0.267. The van der Waals surface area contributed by atoms with Crippen LogP contribution in [0.1, 0.15) is 131 Å². The Morgan fingerprint density at radius 2 is 0.887 bits per heavy atom. The van der Waals surface area contributed by atoms with Crippen molar-refractivity contribution in [2.75, 3.05) is 0 Å². The number of fused-ring (bicyclic) bond motifs is 4. The van der Waals surface area contributed by atoms with Crippen molar-refractivity contribution in [2.24, 2.45) is 23.7 Å². The number of ether oxygens (including phenoxy) is 4. The predicted octanol–water partition coefficient (Wildman–Crippen LogP) is 3.43. The van der Waals surface area contributed by atoms with E-state index in [9.17, 15) is 29.4 Å². The van der Waals surface area contributed by atoms with Gasteiger partial charge < -0.3 is 47.8 Å². The van der Waals surface area contributed by atoms with Gasteiger partial charge in [-0.15, -0.1) is 0 Å². The van der Waals surface area contributed by atoms with Gasteiger partial charge in [-0.3, -0.25) is 9.59 Å². The molecule has 2 N–H and O–H groups in total. The van der Waals surface area contributed by atoms with E-state index in [0.29, 0.717) is 77.0 Å². The summed E-state index contributed by atoms with van der Waals surface area (Å²) in [6.45, 7) is 7.23. The molecule has 340 valence electrons. The number of cyclic esters (lactones) is 2. The summed E-state index contributed by atoms with van der Waals surface area (Å²) in [4.78, 5) is 56.4. The predicted molar refractivity (Wildman–Crippen MR) is 224 cm³/mol. The van der Waals surface area contributed by atoms with Gasteiger partial charge in [0.2, 0.25) is 0 Å². The van der Waals surface area contributed by atoms with Gasteiger partial charge in [-0.25, -0.2) is 9.59 Å². The molecule has 4 fully saturated rings. The number of aliphatic hydroxyl groups is 2. The fourth-order valence-electron chi connectivity index (χ4n) is 9.42. The number of Topliss-reactive ketones (excluding diaryl/α,β-unsaturated/α-hetero) is 2. The van der Waals surface area contributed by atoms with Gasteiger partial charge in [0.1, 0.15) is 11.6 Å². The number of aliphatic hydroxyl groups excluding tert-OH is 2. The van der Waals surface area contributed by atoms with E-state index < -0.39 is 103 Å². The molecule has 0 amide bonds. The van der Waals surface area contributed by atoms with E-state index >= 15 is 0 Å². The van der Waals surface area contributed by atoms with Crippen LogP contribution in [0.3, 0.4) is 0 Å². The number of hydrogen-bond acceptors (Lipinski definition) is 14. The molecule has 0 aliphatic carbocycles. The van der Waals surface area contributed by atoms with E-state index in [1.165, 1.54) is 0 Å². The van der Waals surface area contributed by atoms with Gasteiger partial charge in [-0.2, -0.15) is 0 Å². The Hall–Kier alpha value is -2.02. The fraction of sp³-hybridized carbons (Fsp3) is 0.739.